The number of para-hydroxylation sites is 2. The molecule has 4 rings (SSSR count). The molecule has 1 aromatic heterocycles. The first-order valence-corrected chi connectivity index (χ1v) is 10.0. The van der Waals surface area contributed by atoms with Gasteiger partial charge in [-0.1, -0.05) is 36.4 Å². The molecular formula is C23H24N4O3. The lowest BCUT2D eigenvalue weighted by molar-refractivity contribution is -0.126. The topological polar surface area (TPSA) is 83.4 Å². The molecule has 2 aromatic carbocycles. The summed E-state index contributed by atoms with van der Waals surface area (Å²) in [6.45, 7) is 0.997. The van der Waals surface area contributed by atoms with E-state index in [9.17, 15) is 14.4 Å². The van der Waals surface area contributed by atoms with Gasteiger partial charge in [-0.3, -0.25) is 14.4 Å². The van der Waals surface area contributed by atoms with Gasteiger partial charge in [0.25, 0.3) is 5.91 Å². The molecule has 1 unspecified atom stereocenters. The molecule has 2 heterocycles. The predicted molar refractivity (Wildman–Crippen MR) is 115 cm³/mol. The van der Waals surface area contributed by atoms with E-state index in [1.54, 1.807) is 4.90 Å². The lowest BCUT2D eigenvalue weighted by Crippen LogP contribution is -2.38. The second kappa shape index (κ2) is 8.41. The van der Waals surface area contributed by atoms with Crippen LogP contribution in [0.25, 0.3) is 10.9 Å². The molecule has 7 nitrogen and oxygen atoms in total. The molecule has 3 amide bonds. The van der Waals surface area contributed by atoms with E-state index in [1.165, 1.54) is 0 Å². The zero-order chi connectivity index (χ0) is 21.1. The summed E-state index contributed by atoms with van der Waals surface area (Å²) in [6.07, 6.45) is 0.197. The second-order valence-corrected chi connectivity index (χ2v) is 7.44. The Hall–Kier alpha value is -3.61. The van der Waals surface area contributed by atoms with Crippen LogP contribution in [0.15, 0.2) is 60.7 Å². The number of aryl methyl sites for hydroxylation is 1. The van der Waals surface area contributed by atoms with Crippen LogP contribution in [0.4, 0.5) is 5.69 Å². The standard InChI is InChI=1S/C23H24N4O3/c1-26-19-10-6-5-7-16(19)13-20(26)23(30)25-12-11-24-22(29)17-14-21(28)27(15-17)18-8-3-2-4-9-18/h2-10,13,17H,11-12,14-15H2,1H3,(H,24,29)(H,25,30). The number of hydrogen-bond acceptors (Lipinski definition) is 3. The maximum absolute atomic E-state index is 12.5. The van der Waals surface area contributed by atoms with Crippen LogP contribution in [0.2, 0.25) is 0 Å². The number of nitrogens with one attached hydrogen (secondary N) is 2. The Morgan fingerprint density at radius 3 is 2.47 bits per heavy atom. The van der Waals surface area contributed by atoms with Crippen molar-refractivity contribution in [3.8, 4) is 0 Å². The van der Waals surface area contributed by atoms with E-state index in [2.05, 4.69) is 10.6 Å². The van der Waals surface area contributed by atoms with Gasteiger partial charge in [0.05, 0.1) is 5.92 Å². The molecule has 7 heteroatoms. The van der Waals surface area contributed by atoms with Gasteiger partial charge in [-0.05, 0) is 24.3 Å². The highest BCUT2D eigenvalue weighted by Gasteiger charge is 2.34. The fourth-order valence-electron chi connectivity index (χ4n) is 3.84. The first-order valence-electron chi connectivity index (χ1n) is 10.0. The first-order chi connectivity index (χ1) is 14.5. The van der Waals surface area contributed by atoms with Crippen LogP contribution in [-0.4, -0.2) is 41.9 Å². The third-order valence-electron chi connectivity index (χ3n) is 5.46. The van der Waals surface area contributed by atoms with E-state index >= 15 is 0 Å². The molecular weight excluding hydrogens is 380 g/mol. The van der Waals surface area contributed by atoms with Crippen molar-refractivity contribution in [3.63, 3.8) is 0 Å². The average Bonchev–Trinajstić information content (AvgIpc) is 3.32. The van der Waals surface area contributed by atoms with Crippen LogP contribution in [0, 0.1) is 5.92 Å². The smallest absolute Gasteiger partial charge is 0.267 e. The summed E-state index contributed by atoms with van der Waals surface area (Å²) in [4.78, 5) is 38.8. The number of benzene rings is 2. The summed E-state index contributed by atoms with van der Waals surface area (Å²) in [5, 5.41) is 6.67. The number of fused-ring (bicyclic) bond motifs is 1. The Bertz CT molecular complexity index is 1090. The van der Waals surface area contributed by atoms with Gasteiger partial charge in [0.1, 0.15) is 5.69 Å². The van der Waals surface area contributed by atoms with Crippen molar-refractivity contribution in [2.45, 2.75) is 6.42 Å². The Morgan fingerprint density at radius 1 is 1.00 bits per heavy atom. The zero-order valence-corrected chi connectivity index (χ0v) is 16.8. The number of rotatable bonds is 6. The molecule has 0 aliphatic carbocycles. The normalized spacial score (nSPS) is 16.1. The minimum atomic E-state index is -0.383. The number of nitrogens with zero attached hydrogens (tertiary/aromatic N) is 2. The lowest BCUT2D eigenvalue weighted by atomic mass is 10.1. The van der Waals surface area contributed by atoms with E-state index in [-0.39, 0.29) is 30.1 Å². The summed E-state index contributed by atoms with van der Waals surface area (Å²) >= 11 is 0. The number of anilines is 1. The summed E-state index contributed by atoms with van der Waals surface area (Å²) in [6, 6.07) is 19.0. The van der Waals surface area contributed by atoms with Crippen molar-refractivity contribution < 1.29 is 14.4 Å². The van der Waals surface area contributed by atoms with Crippen molar-refractivity contribution in [2.24, 2.45) is 13.0 Å². The van der Waals surface area contributed by atoms with Gasteiger partial charge in [-0.15, -0.1) is 0 Å². The molecule has 30 heavy (non-hydrogen) atoms. The highest BCUT2D eigenvalue weighted by molar-refractivity contribution is 6.00. The van der Waals surface area contributed by atoms with Crippen LogP contribution >= 0.6 is 0 Å². The van der Waals surface area contributed by atoms with Crippen LogP contribution in [0.1, 0.15) is 16.9 Å². The number of hydrogen-bond donors (Lipinski definition) is 2. The molecule has 1 atom stereocenters. The molecule has 1 aliphatic rings. The summed E-state index contributed by atoms with van der Waals surface area (Å²) in [5.74, 6) is -0.785. The molecule has 0 radical (unpaired) electrons. The third kappa shape index (κ3) is 3.91. The molecule has 1 saturated heterocycles. The monoisotopic (exact) mass is 404 g/mol. The Morgan fingerprint density at radius 2 is 1.70 bits per heavy atom. The predicted octanol–water partition coefficient (Wildman–Crippen LogP) is 2.08. The van der Waals surface area contributed by atoms with Crippen molar-refractivity contribution in [1.82, 2.24) is 15.2 Å². The lowest BCUT2D eigenvalue weighted by Gasteiger charge is -2.16. The van der Waals surface area contributed by atoms with E-state index in [0.717, 1.165) is 16.6 Å². The molecule has 0 saturated carbocycles. The van der Waals surface area contributed by atoms with Gasteiger partial charge < -0.3 is 20.1 Å². The summed E-state index contributed by atoms with van der Waals surface area (Å²) < 4.78 is 1.85. The van der Waals surface area contributed by atoms with Gasteiger partial charge in [0.15, 0.2) is 0 Å². The molecule has 3 aromatic rings. The molecule has 2 N–H and O–H groups in total. The van der Waals surface area contributed by atoms with Crippen molar-refractivity contribution in [1.29, 1.82) is 0 Å². The quantitative estimate of drug-likeness (QED) is 0.617. The number of carbonyl (C=O) groups excluding carboxylic acids is 3. The SMILES string of the molecule is Cn1c(C(=O)NCCNC(=O)C2CC(=O)N(c3ccccc3)C2)cc2ccccc21. The summed E-state index contributed by atoms with van der Waals surface area (Å²) in [5.41, 5.74) is 2.37. The van der Waals surface area contributed by atoms with Gasteiger partial charge in [0.2, 0.25) is 11.8 Å². The molecule has 1 aliphatic heterocycles. The van der Waals surface area contributed by atoms with E-state index in [4.69, 9.17) is 0 Å². The third-order valence-corrected chi connectivity index (χ3v) is 5.46. The number of amides is 3. The van der Waals surface area contributed by atoms with Crippen LogP contribution in [0.3, 0.4) is 0 Å². The molecule has 154 valence electrons. The highest BCUT2D eigenvalue weighted by atomic mass is 16.2. The van der Waals surface area contributed by atoms with Gasteiger partial charge in [-0.25, -0.2) is 0 Å². The maximum Gasteiger partial charge on any atom is 0.267 e. The Labute approximate surface area is 174 Å². The molecule has 1 fully saturated rings. The zero-order valence-electron chi connectivity index (χ0n) is 16.8. The van der Waals surface area contributed by atoms with Gasteiger partial charge in [0, 0.05) is 49.7 Å². The van der Waals surface area contributed by atoms with Crippen molar-refractivity contribution >= 4 is 34.3 Å². The number of aromatic nitrogens is 1. The second-order valence-electron chi connectivity index (χ2n) is 7.44. The van der Waals surface area contributed by atoms with E-state index in [0.29, 0.717) is 25.3 Å². The van der Waals surface area contributed by atoms with Crippen LogP contribution in [-0.2, 0) is 16.6 Å². The van der Waals surface area contributed by atoms with Crippen LogP contribution in [0.5, 0.6) is 0 Å². The van der Waals surface area contributed by atoms with Gasteiger partial charge >= 0.3 is 0 Å². The minimum Gasteiger partial charge on any atom is -0.354 e. The highest BCUT2D eigenvalue weighted by Crippen LogP contribution is 2.24. The molecule has 0 spiro atoms. The van der Waals surface area contributed by atoms with E-state index < -0.39 is 0 Å². The largest absolute Gasteiger partial charge is 0.354 e. The Kier molecular flexibility index (Phi) is 5.52. The fourth-order valence-corrected chi connectivity index (χ4v) is 3.84. The Balaban J connectivity index is 1.26. The van der Waals surface area contributed by atoms with E-state index in [1.807, 2.05) is 72.3 Å². The number of carbonyl (C=O) groups is 3. The van der Waals surface area contributed by atoms with Gasteiger partial charge in [-0.2, -0.15) is 0 Å². The first kappa shape index (κ1) is 19.7. The molecule has 0 bridgehead atoms. The fraction of sp³-hybridized carbons (Fsp3) is 0.261. The van der Waals surface area contributed by atoms with Crippen molar-refractivity contribution in [2.75, 3.05) is 24.5 Å². The van der Waals surface area contributed by atoms with Crippen LogP contribution < -0.4 is 15.5 Å². The average molecular weight is 404 g/mol. The van der Waals surface area contributed by atoms with Crippen molar-refractivity contribution in [3.05, 3.63) is 66.4 Å². The summed E-state index contributed by atoms with van der Waals surface area (Å²) in [7, 11) is 1.86. The maximum atomic E-state index is 12.5. The minimum absolute atomic E-state index is 0.0505.